The van der Waals surface area contributed by atoms with Crippen molar-refractivity contribution in [3.05, 3.63) is 42.0 Å². The highest BCUT2D eigenvalue weighted by Gasteiger charge is 2.12. The molecule has 25 heavy (non-hydrogen) atoms. The molecule has 0 fully saturated rings. The van der Waals surface area contributed by atoms with Crippen LogP contribution in [0.4, 0.5) is 5.69 Å². The Bertz CT molecular complexity index is 879. The second-order valence-electron chi connectivity index (χ2n) is 5.31. The van der Waals surface area contributed by atoms with E-state index in [1.807, 2.05) is 50.2 Å². The molecule has 1 heterocycles. The number of amides is 1. The summed E-state index contributed by atoms with van der Waals surface area (Å²) in [6, 6.07) is 11.1. The van der Waals surface area contributed by atoms with Crippen molar-refractivity contribution in [3.8, 4) is 11.5 Å². The Morgan fingerprint density at radius 3 is 2.68 bits per heavy atom. The van der Waals surface area contributed by atoms with Crippen molar-refractivity contribution in [2.45, 2.75) is 20.3 Å². The van der Waals surface area contributed by atoms with Gasteiger partial charge >= 0.3 is 0 Å². The highest BCUT2D eigenvalue weighted by molar-refractivity contribution is 7.00. The van der Waals surface area contributed by atoms with Crippen molar-refractivity contribution in [2.75, 3.05) is 18.5 Å². The SMILES string of the molecule is CCOc1ccc(CC(=O)Nc2cccc3nsnc23)cc1OCC. The molecule has 6 nitrogen and oxygen atoms in total. The van der Waals surface area contributed by atoms with E-state index in [0.29, 0.717) is 35.9 Å². The maximum atomic E-state index is 12.4. The molecular weight excluding hydrogens is 338 g/mol. The minimum absolute atomic E-state index is 0.118. The molecule has 130 valence electrons. The molecule has 1 N–H and O–H groups in total. The molecule has 7 heteroatoms. The van der Waals surface area contributed by atoms with Crippen molar-refractivity contribution in [3.63, 3.8) is 0 Å². The Morgan fingerprint density at radius 1 is 1.08 bits per heavy atom. The summed E-state index contributed by atoms with van der Waals surface area (Å²) in [7, 11) is 0. The van der Waals surface area contributed by atoms with E-state index in [1.165, 1.54) is 0 Å². The summed E-state index contributed by atoms with van der Waals surface area (Å²) >= 11 is 1.13. The minimum Gasteiger partial charge on any atom is -0.490 e. The number of ether oxygens (including phenoxy) is 2. The lowest BCUT2D eigenvalue weighted by atomic mass is 10.1. The third kappa shape index (κ3) is 4.06. The summed E-state index contributed by atoms with van der Waals surface area (Å²) in [6.07, 6.45) is 0.237. The van der Waals surface area contributed by atoms with Gasteiger partial charge in [-0.15, -0.1) is 0 Å². The summed E-state index contributed by atoms with van der Waals surface area (Å²) in [5.41, 5.74) is 3.02. The molecule has 0 unspecified atom stereocenters. The monoisotopic (exact) mass is 357 g/mol. The molecule has 0 spiro atoms. The summed E-state index contributed by atoms with van der Waals surface area (Å²) in [4.78, 5) is 12.4. The average Bonchev–Trinajstić information content (AvgIpc) is 3.07. The van der Waals surface area contributed by atoms with E-state index < -0.39 is 0 Å². The Kier molecular flexibility index (Phi) is 5.45. The predicted octanol–water partition coefficient (Wildman–Crippen LogP) is 3.67. The molecule has 1 aromatic heterocycles. The predicted molar refractivity (Wildman–Crippen MR) is 98.5 cm³/mol. The number of aromatic nitrogens is 2. The molecule has 1 amide bonds. The van der Waals surface area contributed by atoms with Gasteiger partial charge < -0.3 is 14.8 Å². The van der Waals surface area contributed by atoms with Gasteiger partial charge in [-0.2, -0.15) is 8.75 Å². The topological polar surface area (TPSA) is 73.3 Å². The fourth-order valence-corrected chi connectivity index (χ4v) is 3.04. The van der Waals surface area contributed by atoms with Crippen LogP contribution in [0.25, 0.3) is 11.0 Å². The first-order chi connectivity index (χ1) is 12.2. The quantitative estimate of drug-likeness (QED) is 0.698. The molecule has 0 atom stereocenters. The zero-order valence-electron chi connectivity index (χ0n) is 14.1. The number of hydrogen-bond donors (Lipinski definition) is 1. The number of benzene rings is 2. The van der Waals surface area contributed by atoms with E-state index in [1.54, 1.807) is 0 Å². The van der Waals surface area contributed by atoms with Crippen LogP contribution in [0.2, 0.25) is 0 Å². The van der Waals surface area contributed by atoms with Crippen LogP contribution in [0, 0.1) is 0 Å². The third-order valence-corrected chi connectivity index (χ3v) is 4.08. The zero-order valence-corrected chi connectivity index (χ0v) is 14.9. The second-order valence-corrected chi connectivity index (χ2v) is 5.84. The number of carbonyl (C=O) groups excluding carboxylic acids is 1. The number of fused-ring (bicyclic) bond motifs is 1. The number of hydrogen-bond acceptors (Lipinski definition) is 6. The van der Waals surface area contributed by atoms with Crippen LogP contribution >= 0.6 is 11.7 Å². The molecular formula is C18H19N3O3S. The summed E-state index contributed by atoms with van der Waals surface area (Å²) in [6.45, 7) is 4.93. The van der Waals surface area contributed by atoms with Gasteiger partial charge in [0.2, 0.25) is 5.91 Å². The van der Waals surface area contributed by atoms with Gasteiger partial charge in [0.25, 0.3) is 0 Å². The van der Waals surface area contributed by atoms with Gasteiger partial charge in [-0.3, -0.25) is 4.79 Å². The largest absolute Gasteiger partial charge is 0.490 e. The Labute approximate surface area is 150 Å². The Hall–Kier alpha value is -2.67. The van der Waals surface area contributed by atoms with Gasteiger partial charge in [0.15, 0.2) is 11.5 Å². The lowest BCUT2D eigenvalue weighted by Crippen LogP contribution is -2.14. The van der Waals surface area contributed by atoms with Crippen molar-refractivity contribution in [1.29, 1.82) is 0 Å². The summed E-state index contributed by atoms with van der Waals surface area (Å²) < 4.78 is 19.6. The molecule has 0 aliphatic rings. The first kappa shape index (κ1) is 17.2. The molecule has 3 rings (SSSR count). The van der Waals surface area contributed by atoms with Gasteiger partial charge in [0.1, 0.15) is 11.0 Å². The van der Waals surface area contributed by atoms with E-state index in [9.17, 15) is 4.79 Å². The van der Waals surface area contributed by atoms with Crippen molar-refractivity contribution in [2.24, 2.45) is 0 Å². The van der Waals surface area contributed by atoms with E-state index in [2.05, 4.69) is 14.1 Å². The van der Waals surface area contributed by atoms with Crippen LogP contribution in [-0.2, 0) is 11.2 Å². The summed E-state index contributed by atoms with van der Waals surface area (Å²) in [5.74, 6) is 1.22. The number of carbonyl (C=O) groups is 1. The number of nitrogens with one attached hydrogen (secondary N) is 1. The molecule has 0 saturated heterocycles. The van der Waals surface area contributed by atoms with Gasteiger partial charge in [-0.05, 0) is 43.7 Å². The van der Waals surface area contributed by atoms with E-state index in [4.69, 9.17) is 9.47 Å². The van der Waals surface area contributed by atoms with Crippen molar-refractivity contribution < 1.29 is 14.3 Å². The van der Waals surface area contributed by atoms with Gasteiger partial charge in [-0.25, -0.2) is 0 Å². The maximum absolute atomic E-state index is 12.4. The van der Waals surface area contributed by atoms with Crippen LogP contribution in [0.3, 0.4) is 0 Å². The Morgan fingerprint density at radius 2 is 1.88 bits per heavy atom. The van der Waals surface area contributed by atoms with E-state index >= 15 is 0 Å². The molecule has 3 aromatic rings. The van der Waals surface area contributed by atoms with Gasteiger partial charge in [0.05, 0.1) is 37.1 Å². The minimum atomic E-state index is -0.118. The Balaban J connectivity index is 1.74. The van der Waals surface area contributed by atoms with E-state index in [0.717, 1.165) is 22.8 Å². The van der Waals surface area contributed by atoms with Crippen LogP contribution in [0.15, 0.2) is 36.4 Å². The lowest BCUT2D eigenvalue weighted by molar-refractivity contribution is -0.115. The fraction of sp³-hybridized carbons (Fsp3) is 0.278. The lowest BCUT2D eigenvalue weighted by Gasteiger charge is -2.12. The fourth-order valence-electron chi connectivity index (χ4n) is 2.49. The van der Waals surface area contributed by atoms with Gasteiger partial charge in [-0.1, -0.05) is 12.1 Å². The summed E-state index contributed by atoms with van der Waals surface area (Å²) in [5, 5.41) is 2.90. The second kappa shape index (κ2) is 7.94. The normalized spacial score (nSPS) is 10.6. The number of nitrogens with zero attached hydrogens (tertiary/aromatic N) is 2. The number of rotatable bonds is 7. The highest BCUT2D eigenvalue weighted by atomic mass is 32.1. The van der Waals surface area contributed by atoms with Crippen LogP contribution in [0.1, 0.15) is 19.4 Å². The van der Waals surface area contributed by atoms with Crippen LogP contribution < -0.4 is 14.8 Å². The van der Waals surface area contributed by atoms with Gasteiger partial charge in [0, 0.05) is 0 Å². The molecule has 0 radical (unpaired) electrons. The van der Waals surface area contributed by atoms with Crippen LogP contribution in [-0.4, -0.2) is 27.9 Å². The maximum Gasteiger partial charge on any atom is 0.228 e. The zero-order chi connectivity index (χ0) is 17.6. The highest BCUT2D eigenvalue weighted by Crippen LogP contribution is 2.29. The van der Waals surface area contributed by atoms with Crippen molar-refractivity contribution >= 4 is 34.4 Å². The van der Waals surface area contributed by atoms with Crippen LogP contribution in [0.5, 0.6) is 11.5 Å². The molecule has 0 aliphatic heterocycles. The third-order valence-electron chi connectivity index (χ3n) is 3.53. The molecule has 2 aromatic carbocycles. The average molecular weight is 357 g/mol. The van der Waals surface area contributed by atoms with E-state index in [-0.39, 0.29) is 12.3 Å². The first-order valence-electron chi connectivity index (χ1n) is 8.11. The first-order valence-corrected chi connectivity index (χ1v) is 8.84. The van der Waals surface area contributed by atoms with Crippen molar-refractivity contribution in [1.82, 2.24) is 8.75 Å². The smallest absolute Gasteiger partial charge is 0.228 e. The molecule has 0 bridgehead atoms. The molecule has 0 aliphatic carbocycles. The molecule has 0 saturated carbocycles. The standard InChI is InChI=1S/C18H19N3O3S/c1-3-23-15-9-8-12(10-16(15)24-4-2)11-17(22)19-13-6-5-7-14-18(13)21-25-20-14/h5-10H,3-4,11H2,1-2H3,(H,19,22). The number of anilines is 1.